The van der Waals surface area contributed by atoms with Crippen molar-refractivity contribution in [2.75, 3.05) is 55.9 Å². The van der Waals surface area contributed by atoms with E-state index >= 15 is 0 Å². The molecule has 316 valence electrons. The number of ether oxygens (including phenoxy) is 8. The molecule has 2 heterocycles. The van der Waals surface area contributed by atoms with Crippen LogP contribution in [-0.4, -0.2) is 66.1 Å². The van der Waals surface area contributed by atoms with Crippen LogP contribution in [0.2, 0.25) is 0 Å². The lowest BCUT2D eigenvalue weighted by Gasteiger charge is -2.42. The number of rotatable bonds is 10. The van der Waals surface area contributed by atoms with Crippen LogP contribution >= 0.6 is 0 Å². The number of methoxy groups -OCH3 is 6. The molecule has 2 aliphatic rings. The Labute approximate surface area is 357 Å². The highest BCUT2D eigenvalue weighted by Crippen LogP contribution is 2.52. The summed E-state index contributed by atoms with van der Waals surface area (Å²) in [5.41, 5.74) is 9.07. The fourth-order valence-corrected chi connectivity index (χ4v) is 8.14. The molecule has 2 N–H and O–H groups in total. The number of aryl methyl sites for hydroxylation is 1. The normalized spacial score (nSPS) is 16.4. The van der Waals surface area contributed by atoms with Crippen LogP contribution in [0.15, 0.2) is 109 Å². The summed E-state index contributed by atoms with van der Waals surface area (Å²) in [5.74, 6) is 5.43. The molecule has 2 aliphatic heterocycles. The number of hydrogen-bond acceptors (Lipinski definition) is 10. The van der Waals surface area contributed by atoms with Gasteiger partial charge in [0.2, 0.25) is 0 Å². The molecule has 0 aliphatic carbocycles. The van der Waals surface area contributed by atoms with Gasteiger partial charge in [-0.3, -0.25) is 0 Å². The van der Waals surface area contributed by atoms with Crippen LogP contribution in [0.1, 0.15) is 56.0 Å². The molecule has 0 amide bonds. The van der Waals surface area contributed by atoms with E-state index in [1.807, 2.05) is 124 Å². The maximum absolute atomic E-state index is 12.4. The van der Waals surface area contributed by atoms with Gasteiger partial charge in [-0.2, -0.15) is 0 Å². The van der Waals surface area contributed by atoms with Crippen molar-refractivity contribution in [2.45, 2.75) is 32.3 Å². The molecule has 0 saturated heterocycles. The molecule has 6 aromatic carbocycles. The van der Waals surface area contributed by atoms with Gasteiger partial charge in [0.1, 0.15) is 41.0 Å². The summed E-state index contributed by atoms with van der Waals surface area (Å²) in [7, 11) is 9.74. The van der Waals surface area contributed by atoms with Gasteiger partial charge in [-0.1, -0.05) is 48.5 Å². The first kappa shape index (κ1) is 42.3. The van der Waals surface area contributed by atoms with Crippen molar-refractivity contribution in [1.82, 2.24) is 0 Å². The van der Waals surface area contributed by atoms with Gasteiger partial charge in [-0.05, 0) is 120 Å². The van der Waals surface area contributed by atoms with E-state index in [9.17, 15) is 10.2 Å². The minimum Gasteiger partial charge on any atom is -0.508 e. The molecule has 2 atom stereocenters. The van der Waals surface area contributed by atoms with Gasteiger partial charge in [0, 0.05) is 22.3 Å². The average Bonchev–Trinajstić information content (AvgIpc) is 3.31. The lowest BCUT2D eigenvalue weighted by Crippen LogP contribution is -2.42. The van der Waals surface area contributed by atoms with E-state index < -0.39 is 5.60 Å². The van der Waals surface area contributed by atoms with Crippen molar-refractivity contribution < 1.29 is 48.1 Å². The molecular formula is C51H52O10. The molecule has 10 nitrogen and oxygen atoms in total. The van der Waals surface area contributed by atoms with Gasteiger partial charge in [0.05, 0.1) is 55.2 Å². The zero-order chi connectivity index (χ0) is 43.4. The summed E-state index contributed by atoms with van der Waals surface area (Å²) in [6.07, 6.45) is 0. The maximum atomic E-state index is 12.4. The third-order valence-corrected chi connectivity index (χ3v) is 11.7. The largest absolute Gasteiger partial charge is 0.508 e. The number of hydrogen-bond donors (Lipinski definition) is 2. The van der Waals surface area contributed by atoms with Crippen LogP contribution in [-0.2, 0) is 5.60 Å². The Kier molecular flexibility index (Phi) is 12.4. The highest BCUT2D eigenvalue weighted by molar-refractivity contribution is 6.02. The predicted octanol–water partition coefficient (Wildman–Crippen LogP) is 9.82. The summed E-state index contributed by atoms with van der Waals surface area (Å²) >= 11 is 0. The average molecular weight is 825 g/mol. The number of aromatic hydroxyl groups is 1. The van der Waals surface area contributed by atoms with Crippen LogP contribution in [0.4, 0.5) is 0 Å². The predicted molar refractivity (Wildman–Crippen MR) is 236 cm³/mol. The molecule has 2 unspecified atom stereocenters. The number of fused-ring (bicyclic) bond motifs is 2. The van der Waals surface area contributed by atoms with E-state index in [1.165, 1.54) is 0 Å². The minimum atomic E-state index is -1.29. The van der Waals surface area contributed by atoms with Gasteiger partial charge in [0.15, 0.2) is 23.0 Å². The molecule has 0 fully saturated rings. The Morgan fingerprint density at radius 1 is 0.557 bits per heavy atom. The zero-order valence-corrected chi connectivity index (χ0v) is 36.0. The molecule has 0 aromatic heterocycles. The first-order valence-corrected chi connectivity index (χ1v) is 19.9. The SMILES string of the molecule is COc1ccc(C2(O)c3ccc(C)c(C)c3OCC2c2ccc(OC)c(OC)c2)cc1.COc1ccc(C2=C(c3ccc(OC)c(OC)c3)COc3c2ccc(O)c3C)cc1. The Morgan fingerprint density at radius 3 is 1.77 bits per heavy atom. The van der Waals surface area contributed by atoms with Crippen molar-refractivity contribution in [3.8, 4) is 51.7 Å². The number of aliphatic hydroxyl groups is 1. The molecular weight excluding hydrogens is 773 g/mol. The van der Waals surface area contributed by atoms with E-state index in [4.69, 9.17) is 37.9 Å². The minimum absolute atomic E-state index is 0.220. The Bertz CT molecular complexity index is 2560. The Hall–Kier alpha value is -6.78. The summed E-state index contributed by atoms with van der Waals surface area (Å²) in [4.78, 5) is 0. The summed E-state index contributed by atoms with van der Waals surface area (Å²) in [5, 5.41) is 22.6. The Morgan fingerprint density at radius 2 is 1.15 bits per heavy atom. The zero-order valence-electron chi connectivity index (χ0n) is 36.0. The third kappa shape index (κ3) is 7.87. The molecule has 0 bridgehead atoms. The Balaban J connectivity index is 0.000000184. The fraction of sp³-hybridized carbons (Fsp3) is 0.255. The molecule has 10 heteroatoms. The van der Waals surface area contributed by atoms with Crippen molar-refractivity contribution in [1.29, 1.82) is 0 Å². The van der Waals surface area contributed by atoms with Crippen molar-refractivity contribution in [3.05, 3.63) is 159 Å². The second-order valence-electron chi connectivity index (χ2n) is 14.9. The highest BCUT2D eigenvalue weighted by Gasteiger charge is 2.47. The topological polar surface area (TPSA) is 114 Å². The van der Waals surface area contributed by atoms with E-state index in [2.05, 4.69) is 0 Å². The molecule has 0 spiro atoms. The lowest BCUT2D eigenvalue weighted by atomic mass is 9.71. The van der Waals surface area contributed by atoms with Gasteiger partial charge in [0.25, 0.3) is 0 Å². The molecule has 61 heavy (non-hydrogen) atoms. The standard InChI is InChI=1S/C26H28O5.C25H24O5/c1-16-6-12-21-25(17(16)2)31-15-22(18-7-13-23(29-4)24(14-18)30-5)26(21,27)19-8-10-20(28-3)11-9-19;1-15-21(26)11-10-19-24(16-5-8-18(27-2)9-6-16)20(14-30-25(15)19)17-7-12-22(28-3)23(13-17)29-4/h6-14,22,27H,15H2,1-5H3;5-13,26H,14H2,1-4H3. The summed E-state index contributed by atoms with van der Waals surface area (Å²) < 4.78 is 44.8. The van der Waals surface area contributed by atoms with Crippen LogP contribution in [0.5, 0.6) is 51.7 Å². The van der Waals surface area contributed by atoms with Crippen LogP contribution < -0.4 is 37.9 Å². The second-order valence-corrected chi connectivity index (χ2v) is 14.9. The molecule has 0 saturated carbocycles. The van der Waals surface area contributed by atoms with E-state index in [1.54, 1.807) is 48.7 Å². The summed E-state index contributed by atoms with van der Waals surface area (Å²) in [6, 6.07) is 34.7. The summed E-state index contributed by atoms with van der Waals surface area (Å²) in [6.45, 7) is 6.63. The van der Waals surface area contributed by atoms with Gasteiger partial charge in [-0.15, -0.1) is 0 Å². The fourth-order valence-electron chi connectivity index (χ4n) is 8.14. The van der Waals surface area contributed by atoms with Crippen molar-refractivity contribution >= 4 is 11.1 Å². The van der Waals surface area contributed by atoms with E-state index in [0.29, 0.717) is 42.0 Å². The van der Waals surface area contributed by atoms with Crippen molar-refractivity contribution in [2.24, 2.45) is 0 Å². The lowest BCUT2D eigenvalue weighted by molar-refractivity contribution is 0.0102. The molecule has 0 radical (unpaired) electrons. The van der Waals surface area contributed by atoms with Crippen LogP contribution in [0, 0.1) is 20.8 Å². The molecule has 8 rings (SSSR count). The third-order valence-electron chi connectivity index (χ3n) is 11.7. The van der Waals surface area contributed by atoms with Crippen molar-refractivity contribution in [3.63, 3.8) is 0 Å². The van der Waals surface area contributed by atoms with E-state index in [-0.39, 0.29) is 11.7 Å². The maximum Gasteiger partial charge on any atom is 0.161 e. The highest BCUT2D eigenvalue weighted by atomic mass is 16.5. The van der Waals surface area contributed by atoms with E-state index in [0.717, 1.165) is 78.5 Å². The first-order chi connectivity index (χ1) is 29.5. The van der Waals surface area contributed by atoms with Gasteiger partial charge in [-0.25, -0.2) is 0 Å². The van der Waals surface area contributed by atoms with Gasteiger partial charge < -0.3 is 48.1 Å². The first-order valence-electron chi connectivity index (χ1n) is 19.9. The number of benzene rings is 6. The molecule has 6 aromatic rings. The quantitative estimate of drug-likeness (QED) is 0.138. The second kappa shape index (κ2) is 17.8. The van der Waals surface area contributed by atoms with Gasteiger partial charge >= 0.3 is 0 Å². The van der Waals surface area contributed by atoms with Crippen LogP contribution in [0.25, 0.3) is 11.1 Å². The number of phenolic OH excluding ortho intramolecular Hbond substituents is 1. The number of phenols is 1. The van der Waals surface area contributed by atoms with Crippen LogP contribution in [0.3, 0.4) is 0 Å². The monoisotopic (exact) mass is 824 g/mol. The smallest absolute Gasteiger partial charge is 0.161 e.